The van der Waals surface area contributed by atoms with Gasteiger partial charge in [-0.25, -0.2) is 0 Å². The standard InChI is InChI=1S/C52H33NO3/c1-2-3-11-37-32-54-48-27-25-39(31-44(37)48)53(38-23-20-33(21-24-38)36-22-26-50-45(29-36)41-15-7-9-19-49(41)55-50)47-18-8-6-14-40(47)42-16-10-17-43-46-28-34-12-4-5-13-35(34)30-51(46)56-52(42)43/h2-32H,1H2/b11-3-. The molecule has 0 spiro atoms. The molecule has 3 aromatic heterocycles. The van der Waals surface area contributed by atoms with Crippen molar-refractivity contribution in [3.8, 4) is 22.3 Å². The molecule has 0 saturated carbocycles. The van der Waals surface area contributed by atoms with Crippen LogP contribution >= 0.6 is 0 Å². The van der Waals surface area contributed by atoms with E-state index in [0.717, 1.165) is 105 Å². The largest absolute Gasteiger partial charge is 0.464 e. The first-order chi connectivity index (χ1) is 27.7. The van der Waals surface area contributed by atoms with Crippen molar-refractivity contribution in [2.75, 3.05) is 4.90 Å². The van der Waals surface area contributed by atoms with Gasteiger partial charge in [-0.2, -0.15) is 0 Å². The Hall–Kier alpha value is -7.56. The van der Waals surface area contributed by atoms with Crippen LogP contribution in [0.3, 0.4) is 0 Å². The lowest BCUT2D eigenvalue weighted by Gasteiger charge is -2.28. The van der Waals surface area contributed by atoms with Crippen LogP contribution in [0.4, 0.5) is 17.1 Å². The molecule has 0 radical (unpaired) electrons. The summed E-state index contributed by atoms with van der Waals surface area (Å²) in [5.41, 5.74) is 12.7. The number of fused-ring (bicyclic) bond motifs is 8. The van der Waals surface area contributed by atoms with Crippen LogP contribution in [0.25, 0.3) is 93.9 Å². The zero-order valence-corrected chi connectivity index (χ0v) is 30.3. The summed E-state index contributed by atoms with van der Waals surface area (Å²) in [6.07, 6.45) is 7.54. The van der Waals surface area contributed by atoms with Gasteiger partial charge < -0.3 is 18.2 Å². The summed E-state index contributed by atoms with van der Waals surface area (Å²) in [5, 5.41) is 7.80. The fourth-order valence-electron chi connectivity index (χ4n) is 8.20. The molecule has 0 fully saturated rings. The highest BCUT2D eigenvalue weighted by atomic mass is 16.3. The maximum absolute atomic E-state index is 6.76. The lowest BCUT2D eigenvalue weighted by Crippen LogP contribution is -2.11. The van der Waals surface area contributed by atoms with Crippen molar-refractivity contribution < 1.29 is 13.3 Å². The van der Waals surface area contributed by atoms with Crippen molar-refractivity contribution in [2.45, 2.75) is 0 Å². The van der Waals surface area contributed by atoms with Crippen LogP contribution in [0.1, 0.15) is 5.56 Å². The smallest absolute Gasteiger partial charge is 0.143 e. The van der Waals surface area contributed by atoms with Crippen LogP contribution in [-0.2, 0) is 0 Å². The third-order valence-corrected chi connectivity index (χ3v) is 10.9. The molecule has 11 aromatic rings. The van der Waals surface area contributed by atoms with Gasteiger partial charge in [-0.1, -0.05) is 122 Å². The molecular formula is C52H33NO3. The summed E-state index contributed by atoms with van der Waals surface area (Å²) in [6, 6.07) is 57.7. The molecule has 3 heterocycles. The van der Waals surface area contributed by atoms with Crippen molar-refractivity contribution in [3.63, 3.8) is 0 Å². The van der Waals surface area contributed by atoms with Gasteiger partial charge in [0.1, 0.15) is 27.9 Å². The molecule has 264 valence electrons. The Bertz CT molecular complexity index is 3340. The van der Waals surface area contributed by atoms with E-state index >= 15 is 0 Å². The van der Waals surface area contributed by atoms with Crippen molar-refractivity contribution in [1.82, 2.24) is 0 Å². The predicted molar refractivity (Wildman–Crippen MR) is 233 cm³/mol. The fourth-order valence-corrected chi connectivity index (χ4v) is 8.20. The lowest BCUT2D eigenvalue weighted by atomic mass is 9.98. The number of nitrogens with zero attached hydrogens (tertiary/aromatic N) is 1. The highest BCUT2D eigenvalue weighted by Gasteiger charge is 2.22. The first-order valence-electron chi connectivity index (χ1n) is 18.8. The molecule has 0 amide bonds. The van der Waals surface area contributed by atoms with Gasteiger partial charge in [0.15, 0.2) is 0 Å². The van der Waals surface area contributed by atoms with Crippen molar-refractivity contribution in [1.29, 1.82) is 0 Å². The summed E-state index contributed by atoms with van der Waals surface area (Å²) >= 11 is 0. The maximum Gasteiger partial charge on any atom is 0.143 e. The number of furan rings is 3. The third-order valence-electron chi connectivity index (χ3n) is 10.9. The first-order valence-corrected chi connectivity index (χ1v) is 18.8. The van der Waals surface area contributed by atoms with E-state index in [1.165, 1.54) is 5.39 Å². The maximum atomic E-state index is 6.76. The summed E-state index contributed by atoms with van der Waals surface area (Å²) in [5.74, 6) is 0. The van der Waals surface area contributed by atoms with E-state index in [-0.39, 0.29) is 0 Å². The van der Waals surface area contributed by atoms with Crippen molar-refractivity contribution in [2.24, 2.45) is 0 Å². The summed E-state index contributed by atoms with van der Waals surface area (Å²) in [6.45, 7) is 3.87. The minimum atomic E-state index is 0.822. The van der Waals surface area contributed by atoms with E-state index in [9.17, 15) is 0 Å². The second-order valence-electron chi connectivity index (χ2n) is 14.2. The molecule has 8 aromatic carbocycles. The highest BCUT2D eigenvalue weighted by molar-refractivity contribution is 6.14. The zero-order chi connectivity index (χ0) is 37.2. The minimum absolute atomic E-state index is 0.822. The highest BCUT2D eigenvalue weighted by Crippen LogP contribution is 2.46. The topological polar surface area (TPSA) is 42.7 Å². The first kappa shape index (κ1) is 31.9. The molecule has 0 aliphatic heterocycles. The van der Waals surface area contributed by atoms with Gasteiger partial charge in [0.05, 0.1) is 12.0 Å². The van der Waals surface area contributed by atoms with Crippen molar-refractivity contribution >= 4 is 88.8 Å². The number of anilines is 3. The quantitative estimate of drug-likeness (QED) is 0.154. The summed E-state index contributed by atoms with van der Waals surface area (Å²) < 4.78 is 18.9. The molecule has 4 nitrogen and oxygen atoms in total. The Labute approximate surface area is 322 Å². The monoisotopic (exact) mass is 719 g/mol. The van der Waals surface area contributed by atoms with Gasteiger partial charge in [-0.3, -0.25) is 0 Å². The Morgan fingerprint density at radius 2 is 1.16 bits per heavy atom. The van der Waals surface area contributed by atoms with Crippen LogP contribution in [-0.4, -0.2) is 0 Å². The van der Waals surface area contributed by atoms with Gasteiger partial charge in [0.25, 0.3) is 0 Å². The molecule has 0 saturated heterocycles. The number of benzene rings is 8. The molecule has 0 aliphatic rings. The summed E-state index contributed by atoms with van der Waals surface area (Å²) in [4.78, 5) is 2.33. The van der Waals surface area contributed by atoms with Crippen LogP contribution in [0, 0.1) is 0 Å². The van der Waals surface area contributed by atoms with E-state index in [4.69, 9.17) is 13.3 Å². The number of rotatable bonds is 7. The molecule has 0 unspecified atom stereocenters. The molecule has 0 atom stereocenters. The zero-order valence-electron chi connectivity index (χ0n) is 30.3. The second-order valence-corrected chi connectivity index (χ2v) is 14.2. The molecular weight excluding hydrogens is 687 g/mol. The Balaban J connectivity index is 1.09. The third kappa shape index (κ3) is 5.15. The van der Waals surface area contributed by atoms with Gasteiger partial charge in [-0.15, -0.1) is 0 Å². The van der Waals surface area contributed by atoms with E-state index in [1.54, 1.807) is 12.3 Å². The van der Waals surface area contributed by atoms with Gasteiger partial charge in [-0.05, 0) is 88.6 Å². The van der Waals surface area contributed by atoms with Gasteiger partial charge in [0.2, 0.25) is 0 Å². The molecule has 4 heteroatoms. The van der Waals surface area contributed by atoms with Crippen LogP contribution in [0.15, 0.2) is 202 Å². The molecule has 56 heavy (non-hydrogen) atoms. The Morgan fingerprint density at radius 1 is 0.464 bits per heavy atom. The van der Waals surface area contributed by atoms with E-state index in [1.807, 2.05) is 24.3 Å². The normalized spacial score (nSPS) is 11.9. The fraction of sp³-hybridized carbons (Fsp3) is 0. The molecule has 0 bridgehead atoms. The van der Waals surface area contributed by atoms with E-state index in [2.05, 4.69) is 163 Å². The lowest BCUT2D eigenvalue weighted by molar-refractivity contribution is 0.615. The van der Waals surface area contributed by atoms with E-state index in [0.29, 0.717) is 0 Å². The molecule has 11 rings (SSSR count). The van der Waals surface area contributed by atoms with Gasteiger partial charge >= 0.3 is 0 Å². The number of hydrogen-bond acceptors (Lipinski definition) is 4. The van der Waals surface area contributed by atoms with Crippen molar-refractivity contribution in [3.05, 3.63) is 194 Å². The Morgan fingerprint density at radius 3 is 2.05 bits per heavy atom. The van der Waals surface area contributed by atoms with Crippen LogP contribution < -0.4 is 4.90 Å². The van der Waals surface area contributed by atoms with Crippen LogP contribution in [0.2, 0.25) is 0 Å². The number of hydrogen-bond donors (Lipinski definition) is 0. The molecule has 0 aliphatic carbocycles. The average molecular weight is 720 g/mol. The SMILES string of the molecule is C=C/C=C\c1coc2ccc(N(c3ccc(-c4ccc5oc6ccccc6c5c4)cc3)c3ccccc3-c3cccc4c3oc3cc5ccccc5cc34)cc12. The van der Waals surface area contributed by atoms with Crippen LogP contribution in [0.5, 0.6) is 0 Å². The molecule has 0 N–H and O–H groups in total. The van der Waals surface area contributed by atoms with Gasteiger partial charge in [0, 0.05) is 55.0 Å². The van der Waals surface area contributed by atoms with E-state index < -0.39 is 0 Å². The number of allylic oxidation sites excluding steroid dienone is 2. The predicted octanol–water partition coefficient (Wildman–Crippen LogP) is 15.4. The number of para-hydroxylation sites is 3. The second kappa shape index (κ2) is 12.8. The average Bonchev–Trinajstić information content (AvgIpc) is 3.95. The minimum Gasteiger partial charge on any atom is -0.464 e. The summed E-state index contributed by atoms with van der Waals surface area (Å²) in [7, 11) is 0. The Kier molecular flexibility index (Phi) is 7.29.